The summed E-state index contributed by atoms with van der Waals surface area (Å²) in [5.41, 5.74) is 4.70. The standard InChI is InChI=1S/C26H24FN3O2/c1-17-13-19-14-22(28-17)21-10-9-20(27)16-24(21)32-12-6-2-5-11-30-23-8-4-3-7-18(23)15-25(30)29-26(19)31/h3-4,7-10,13-14,16H,2,5-6,11-12,15H2,1H3. The van der Waals surface area contributed by atoms with E-state index >= 15 is 0 Å². The number of fused-ring (bicyclic) bond motifs is 7. The van der Waals surface area contributed by atoms with Gasteiger partial charge in [-0.1, -0.05) is 18.2 Å². The molecule has 0 spiro atoms. The summed E-state index contributed by atoms with van der Waals surface area (Å²) in [6, 6.07) is 16.1. The molecule has 2 aromatic carbocycles. The molecule has 1 aromatic heterocycles. The molecule has 6 heteroatoms. The highest BCUT2D eigenvalue weighted by molar-refractivity contribution is 6.12. The van der Waals surface area contributed by atoms with E-state index in [4.69, 9.17) is 4.74 Å². The molecule has 5 rings (SSSR count). The monoisotopic (exact) mass is 429 g/mol. The molecule has 3 heterocycles. The zero-order chi connectivity index (χ0) is 22.1. The average Bonchev–Trinajstić information content (AvgIpc) is 3.12. The first-order valence-corrected chi connectivity index (χ1v) is 11.0. The van der Waals surface area contributed by atoms with Crippen LogP contribution in [0.3, 0.4) is 0 Å². The molecule has 1 amide bonds. The zero-order valence-corrected chi connectivity index (χ0v) is 18.0. The van der Waals surface area contributed by atoms with Gasteiger partial charge in [-0.3, -0.25) is 9.78 Å². The van der Waals surface area contributed by atoms with E-state index in [1.807, 2.05) is 19.1 Å². The number of benzene rings is 2. The Morgan fingerprint density at radius 3 is 2.81 bits per heavy atom. The van der Waals surface area contributed by atoms with Crippen LogP contribution in [0.5, 0.6) is 5.75 Å². The molecule has 0 fully saturated rings. The summed E-state index contributed by atoms with van der Waals surface area (Å²) in [5.74, 6) is 0.554. The van der Waals surface area contributed by atoms with E-state index in [2.05, 4.69) is 27.0 Å². The Morgan fingerprint density at radius 1 is 1.03 bits per heavy atom. The lowest BCUT2D eigenvalue weighted by Crippen LogP contribution is -2.29. The number of aromatic nitrogens is 1. The lowest BCUT2D eigenvalue weighted by molar-refractivity contribution is 0.100. The molecule has 0 aliphatic carbocycles. The lowest BCUT2D eigenvalue weighted by Gasteiger charge is -2.20. The Kier molecular flexibility index (Phi) is 5.43. The fraction of sp³-hybridized carbons (Fsp3) is 0.269. The first kappa shape index (κ1) is 20.4. The van der Waals surface area contributed by atoms with Gasteiger partial charge in [0.1, 0.15) is 17.4 Å². The molecule has 32 heavy (non-hydrogen) atoms. The van der Waals surface area contributed by atoms with E-state index in [0.29, 0.717) is 41.3 Å². The van der Waals surface area contributed by atoms with Crippen LogP contribution in [-0.2, 0) is 6.42 Å². The van der Waals surface area contributed by atoms with E-state index in [1.54, 1.807) is 18.2 Å². The highest BCUT2D eigenvalue weighted by Gasteiger charge is 2.26. The van der Waals surface area contributed by atoms with E-state index in [0.717, 1.165) is 37.3 Å². The Hall–Kier alpha value is -3.54. The van der Waals surface area contributed by atoms with Crippen molar-refractivity contribution in [3.63, 3.8) is 0 Å². The van der Waals surface area contributed by atoms with Gasteiger partial charge in [0.15, 0.2) is 0 Å². The molecule has 0 saturated carbocycles. The molecular weight excluding hydrogens is 405 g/mol. The van der Waals surface area contributed by atoms with Crippen LogP contribution in [0.25, 0.3) is 11.3 Å². The van der Waals surface area contributed by atoms with Gasteiger partial charge in [0.05, 0.1) is 12.3 Å². The van der Waals surface area contributed by atoms with Gasteiger partial charge in [0.2, 0.25) is 0 Å². The first-order chi connectivity index (χ1) is 15.6. The summed E-state index contributed by atoms with van der Waals surface area (Å²) in [5, 5.41) is 0. The maximum absolute atomic E-state index is 13.9. The highest BCUT2D eigenvalue weighted by atomic mass is 19.1. The SMILES string of the molecule is Cc1cc2cc(n1)-c1ccc(F)cc1OCCCCCN1C(=NC2=O)Cc2ccccc21. The number of amidine groups is 1. The van der Waals surface area contributed by atoms with Crippen molar-refractivity contribution in [2.24, 2.45) is 4.99 Å². The molecule has 3 aromatic rings. The van der Waals surface area contributed by atoms with Gasteiger partial charge < -0.3 is 9.64 Å². The number of rotatable bonds is 0. The quantitative estimate of drug-likeness (QED) is 0.483. The van der Waals surface area contributed by atoms with Crippen LogP contribution in [0.2, 0.25) is 0 Å². The maximum atomic E-state index is 13.9. The molecule has 5 nitrogen and oxygen atoms in total. The van der Waals surface area contributed by atoms with E-state index in [-0.39, 0.29) is 11.7 Å². The minimum absolute atomic E-state index is 0.302. The third kappa shape index (κ3) is 4.00. The summed E-state index contributed by atoms with van der Waals surface area (Å²) in [6.07, 6.45) is 3.39. The predicted molar refractivity (Wildman–Crippen MR) is 123 cm³/mol. The molecule has 2 bridgehead atoms. The van der Waals surface area contributed by atoms with Gasteiger partial charge in [-0.2, -0.15) is 4.99 Å². The Balaban J connectivity index is 1.59. The molecule has 0 atom stereocenters. The fourth-order valence-electron chi connectivity index (χ4n) is 4.35. The van der Waals surface area contributed by atoms with Crippen LogP contribution in [0, 0.1) is 12.7 Å². The van der Waals surface area contributed by atoms with Crippen molar-refractivity contribution in [3.8, 4) is 17.0 Å². The van der Waals surface area contributed by atoms with Crippen molar-refractivity contribution < 1.29 is 13.9 Å². The fourth-order valence-corrected chi connectivity index (χ4v) is 4.35. The number of amides is 1. The van der Waals surface area contributed by atoms with Gasteiger partial charge in [-0.25, -0.2) is 4.39 Å². The van der Waals surface area contributed by atoms with Crippen molar-refractivity contribution in [2.45, 2.75) is 32.6 Å². The smallest absolute Gasteiger partial charge is 0.278 e. The van der Waals surface area contributed by atoms with Crippen LogP contribution in [-0.4, -0.2) is 29.9 Å². The lowest BCUT2D eigenvalue weighted by atomic mass is 10.1. The second-order valence-electron chi connectivity index (χ2n) is 8.22. The number of aryl methyl sites for hydroxylation is 1. The van der Waals surface area contributed by atoms with Gasteiger partial charge in [-0.15, -0.1) is 0 Å². The minimum atomic E-state index is -0.365. The normalized spacial score (nSPS) is 16.1. The van der Waals surface area contributed by atoms with Crippen molar-refractivity contribution >= 4 is 17.4 Å². The largest absolute Gasteiger partial charge is 0.493 e. The van der Waals surface area contributed by atoms with Crippen LogP contribution in [0.1, 0.15) is 40.9 Å². The number of carbonyl (C=O) groups is 1. The molecule has 2 aliphatic heterocycles. The molecular formula is C26H24FN3O2. The van der Waals surface area contributed by atoms with Crippen molar-refractivity contribution in [1.29, 1.82) is 0 Å². The number of ether oxygens (including phenoxy) is 1. The Bertz CT molecular complexity index is 1220. The van der Waals surface area contributed by atoms with E-state index < -0.39 is 0 Å². The number of anilines is 1. The van der Waals surface area contributed by atoms with E-state index in [9.17, 15) is 9.18 Å². The molecule has 2 aliphatic rings. The van der Waals surface area contributed by atoms with Gasteiger partial charge in [0.25, 0.3) is 5.91 Å². The number of hydrogen-bond donors (Lipinski definition) is 0. The van der Waals surface area contributed by atoms with Crippen LogP contribution in [0.15, 0.2) is 59.6 Å². The van der Waals surface area contributed by atoms with Crippen molar-refractivity contribution in [3.05, 3.63) is 77.2 Å². The Labute approximate surface area is 186 Å². The zero-order valence-electron chi connectivity index (χ0n) is 18.0. The molecule has 0 N–H and O–H groups in total. The number of pyridine rings is 1. The van der Waals surface area contributed by atoms with Crippen LogP contribution >= 0.6 is 0 Å². The van der Waals surface area contributed by atoms with Gasteiger partial charge >= 0.3 is 0 Å². The molecule has 0 unspecified atom stereocenters. The maximum Gasteiger partial charge on any atom is 0.278 e. The summed E-state index contributed by atoms with van der Waals surface area (Å²) >= 11 is 0. The third-order valence-corrected chi connectivity index (χ3v) is 5.88. The summed E-state index contributed by atoms with van der Waals surface area (Å²) in [6.45, 7) is 3.12. The Morgan fingerprint density at radius 2 is 1.91 bits per heavy atom. The van der Waals surface area contributed by atoms with Gasteiger partial charge in [0, 0.05) is 41.5 Å². The highest BCUT2D eigenvalue weighted by Crippen LogP contribution is 2.32. The van der Waals surface area contributed by atoms with Crippen LogP contribution < -0.4 is 9.64 Å². The second kappa shape index (κ2) is 8.54. The third-order valence-electron chi connectivity index (χ3n) is 5.88. The van der Waals surface area contributed by atoms with Crippen molar-refractivity contribution in [2.75, 3.05) is 18.1 Å². The summed E-state index contributed by atoms with van der Waals surface area (Å²) < 4.78 is 19.9. The molecule has 162 valence electrons. The average molecular weight is 429 g/mol. The number of hydrogen-bond acceptors (Lipinski definition) is 4. The summed E-state index contributed by atoms with van der Waals surface area (Å²) in [7, 11) is 0. The van der Waals surface area contributed by atoms with E-state index in [1.165, 1.54) is 17.7 Å². The summed E-state index contributed by atoms with van der Waals surface area (Å²) in [4.78, 5) is 24.5. The van der Waals surface area contributed by atoms with Crippen molar-refractivity contribution in [1.82, 2.24) is 4.98 Å². The number of carbonyl (C=O) groups excluding carboxylic acids is 1. The molecule has 0 radical (unpaired) electrons. The van der Waals surface area contributed by atoms with Crippen LogP contribution in [0.4, 0.5) is 10.1 Å². The second-order valence-corrected chi connectivity index (χ2v) is 8.22. The first-order valence-electron chi connectivity index (χ1n) is 11.0. The number of para-hydroxylation sites is 1. The minimum Gasteiger partial charge on any atom is -0.493 e. The number of halogens is 1. The van der Waals surface area contributed by atoms with Gasteiger partial charge in [-0.05, 0) is 62.1 Å². The number of aliphatic imine (C=N–C) groups is 1. The predicted octanol–water partition coefficient (Wildman–Crippen LogP) is 5.36. The topological polar surface area (TPSA) is 54.8 Å². The molecule has 0 saturated heterocycles. The number of nitrogens with zero attached hydrogens (tertiary/aromatic N) is 3.